The molecule has 0 saturated carbocycles. The number of hydrogen-bond acceptors (Lipinski definition) is 1. The summed E-state index contributed by atoms with van der Waals surface area (Å²) in [6.45, 7) is 0. The summed E-state index contributed by atoms with van der Waals surface area (Å²) in [4.78, 5) is 0. The summed E-state index contributed by atoms with van der Waals surface area (Å²) < 4.78 is 7.06. The minimum absolute atomic E-state index is 0.920. The van der Waals surface area contributed by atoms with Crippen molar-refractivity contribution >= 4 is 86.6 Å². The van der Waals surface area contributed by atoms with E-state index in [-0.39, 0.29) is 0 Å². The second kappa shape index (κ2) is 10.8. The predicted octanol–water partition coefficient (Wildman–Crippen LogP) is 14.9. The summed E-state index contributed by atoms with van der Waals surface area (Å²) in [5, 5.41) is 17.4. The van der Waals surface area contributed by atoms with Crippen LogP contribution in [0.1, 0.15) is 0 Å². The van der Waals surface area contributed by atoms with Crippen LogP contribution in [-0.4, -0.2) is 0 Å². The second-order valence-electron chi connectivity index (χ2n) is 14.4. The number of hydrogen-bond donors (Lipinski definition) is 0. The minimum atomic E-state index is 0.920. The van der Waals surface area contributed by atoms with Gasteiger partial charge in [0.2, 0.25) is 0 Å². The smallest absolute Gasteiger partial charge is 0.143 e. The molecule has 0 atom stereocenters. The summed E-state index contributed by atoms with van der Waals surface area (Å²) >= 11 is 0. The third-order valence-electron chi connectivity index (χ3n) is 11.6. The first kappa shape index (κ1) is 28.7. The Hall–Kier alpha value is -6.96. The number of furan rings is 1. The van der Waals surface area contributed by atoms with Crippen molar-refractivity contribution in [1.82, 2.24) is 0 Å². The third kappa shape index (κ3) is 4.08. The highest BCUT2D eigenvalue weighted by Gasteiger charge is 2.21. The van der Waals surface area contributed by atoms with Crippen LogP contribution in [0.3, 0.4) is 0 Å². The van der Waals surface area contributed by atoms with Gasteiger partial charge in [0.25, 0.3) is 0 Å². The van der Waals surface area contributed by atoms with Crippen molar-refractivity contribution in [3.05, 3.63) is 182 Å². The number of rotatable bonds is 3. The largest absolute Gasteiger partial charge is 0.455 e. The van der Waals surface area contributed by atoms with Crippen LogP contribution in [0.25, 0.3) is 120 Å². The average molecular weight is 671 g/mol. The van der Waals surface area contributed by atoms with Gasteiger partial charge in [-0.2, -0.15) is 0 Å². The van der Waals surface area contributed by atoms with Crippen molar-refractivity contribution in [2.24, 2.45) is 0 Å². The molecule has 1 nitrogen and oxygen atoms in total. The maximum atomic E-state index is 7.06. The summed E-state index contributed by atoms with van der Waals surface area (Å²) in [6, 6.07) is 66.7. The molecule has 0 amide bonds. The van der Waals surface area contributed by atoms with E-state index in [2.05, 4.69) is 182 Å². The molecule has 0 unspecified atom stereocenters. The van der Waals surface area contributed by atoms with Gasteiger partial charge in [-0.05, 0) is 105 Å². The van der Waals surface area contributed by atoms with Crippen LogP contribution >= 0.6 is 0 Å². The number of fused-ring (bicyclic) bond motifs is 8. The molecule has 0 radical (unpaired) electrons. The Kier molecular flexibility index (Phi) is 5.84. The molecule has 0 bridgehead atoms. The lowest BCUT2D eigenvalue weighted by Crippen LogP contribution is -1.89. The lowest BCUT2D eigenvalue weighted by Gasteiger charge is -2.15. The van der Waals surface area contributed by atoms with E-state index < -0.39 is 0 Å². The van der Waals surface area contributed by atoms with E-state index in [1.165, 1.54) is 81.5 Å². The van der Waals surface area contributed by atoms with Gasteiger partial charge in [0.05, 0.1) is 0 Å². The highest BCUT2D eigenvalue weighted by Crippen LogP contribution is 2.47. The second-order valence-corrected chi connectivity index (χ2v) is 14.4. The topological polar surface area (TPSA) is 13.1 Å². The van der Waals surface area contributed by atoms with Gasteiger partial charge in [-0.25, -0.2) is 0 Å². The van der Waals surface area contributed by atoms with Gasteiger partial charge in [-0.1, -0.05) is 164 Å². The van der Waals surface area contributed by atoms with Crippen molar-refractivity contribution in [3.8, 4) is 33.4 Å². The quantitative estimate of drug-likeness (QED) is 0.171. The fourth-order valence-corrected chi connectivity index (χ4v) is 9.15. The molecule has 1 heteroatoms. The average Bonchev–Trinajstić information content (AvgIpc) is 3.63. The van der Waals surface area contributed by atoms with Gasteiger partial charge in [0.15, 0.2) is 0 Å². The lowest BCUT2D eigenvalue weighted by molar-refractivity contribution is 0.674. The van der Waals surface area contributed by atoms with Gasteiger partial charge in [-0.15, -0.1) is 0 Å². The fourth-order valence-electron chi connectivity index (χ4n) is 9.15. The molecular formula is C52H30O. The highest BCUT2D eigenvalue weighted by molar-refractivity contribution is 6.28. The molecule has 12 rings (SSSR count). The standard InChI is InChI=1S/C52H30O/c1-4-13-39-31(8-1)22-27-46-50-45(43-25-23-36-21-20-34-10-7-11-35-24-26-44(43)49(36)48(34)35)29-28-40(52(50)53-51(39)46)32-16-18-33(19-17-32)47-30-37-9-2-3-12-38(37)41-14-5-6-15-42(41)47/h1-30H. The fraction of sp³-hybridized carbons (Fsp3) is 0. The van der Waals surface area contributed by atoms with Crippen molar-refractivity contribution in [2.75, 3.05) is 0 Å². The zero-order valence-corrected chi connectivity index (χ0v) is 28.7. The van der Waals surface area contributed by atoms with Crippen LogP contribution in [0.5, 0.6) is 0 Å². The Morgan fingerprint density at radius 3 is 1.60 bits per heavy atom. The van der Waals surface area contributed by atoms with Crippen LogP contribution in [0.4, 0.5) is 0 Å². The van der Waals surface area contributed by atoms with Crippen molar-refractivity contribution in [2.45, 2.75) is 0 Å². The van der Waals surface area contributed by atoms with Gasteiger partial charge in [0, 0.05) is 21.7 Å². The normalized spacial score (nSPS) is 12.2. The molecule has 0 N–H and O–H groups in total. The Morgan fingerprint density at radius 1 is 0.245 bits per heavy atom. The van der Waals surface area contributed by atoms with Gasteiger partial charge < -0.3 is 4.42 Å². The SMILES string of the molecule is c1ccc2c(c1)cc(-c1ccc(-c3ccc(-c4ccc5ccc6cccc7ccc4c5c67)c4c3oc3c5ccccc5ccc34)cc1)c1ccccc12. The monoisotopic (exact) mass is 670 g/mol. The lowest BCUT2D eigenvalue weighted by atomic mass is 9.87. The molecule has 0 spiro atoms. The minimum Gasteiger partial charge on any atom is -0.455 e. The van der Waals surface area contributed by atoms with E-state index in [9.17, 15) is 0 Å². The van der Waals surface area contributed by atoms with Crippen LogP contribution in [0.15, 0.2) is 186 Å². The highest BCUT2D eigenvalue weighted by atomic mass is 16.3. The molecule has 0 fully saturated rings. The van der Waals surface area contributed by atoms with E-state index in [0.717, 1.165) is 38.5 Å². The van der Waals surface area contributed by atoms with E-state index in [1.807, 2.05) is 0 Å². The van der Waals surface area contributed by atoms with Crippen LogP contribution in [-0.2, 0) is 0 Å². The third-order valence-corrected chi connectivity index (χ3v) is 11.6. The molecule has 0 aliphatic rings. The molecular weight excluding hydrogens is 641 g/mol. The van der Waals surface area contributed by atoms with Crippen LogP contribution in [0.2, 0.25) is 0 Å². The molecule has 0 saturated heterocycles. The van der Waals surface area contributed by atoms with Crippen molar-refractivity contribution in [1.29, 1.82) is 0 Å². The molecule has 1 aromatic heterocycles. The van der Waals surface area contributed by atoms with E-state index >= 15 is 0 Å². The molecule has 1 heterocycles. The molecule has 11 aromatic carbocycles. The molecule has 53 heavy (non-hydrogen) atoms. The zero-order chi connectivity index (χ0) is 34.6. The molecule has 0 aliphatic carbocycles. The first-order chi connectivity index (χ1) is 26.3. The van der Waals surface area contributed by atoms with Gasteiger partial charge in [0.1, 0.15) is 11.2 Å². The predicted molar refractivity (Wildman–Crippen MR) is 226 cm³/mol. The Balaban J connectivity index is 1.10. The van der Waals surface area contributed by atoms with E-state index in [4.69, 9.17) is 4.42 Å². The Bertz CT molecular complexity index is 3420. The molecule has 12 aromatic rings. The Labute approximate surface area is 305 Å². The van der Waals surface area contributed by atoms with E-state index in [1.54, 1.807) is 0 Å². The maximum absolute atomic E-state index is 7.06. The molecule has 244 valence electrons. The molecule has 0 aliphatic heterocycles. The summed E-state index contributed by atoms with van der Waals surface area (Å²) in [6.07, 6.45) is 0. The first-order valence-electron chi connectivity index (χ1n) is 18.3. The maximum Gasteiger partial charge on any atom is 0.143 e. The van der Waals surface area contributed by atoms with Crippen LogP contribution in [0, 0.1) is 0 Å². The van der Waals surface area contributed by atoms with Crippen LogP contribution < -0.4 is 0 Å². The first-order valence-corrected chi connectivity index (χ1v) is 18.3. The number of benzene rings is 11. The van der Waals surface area contributed by atoms with Gasteiger partial charge in [-0.3, -0.25) is 0 Å². The summed E-state index contributed by atoms with van der Waals surface area (Å²) in [7, 11) is 0. The van der Waals surface area contributed by atoms with Crippen molar-refractivity contribution in [3.63, 3.8) is 0 Å². The van der Waals surface area contributed by atoms with E-state index in [0.29, 0.717) is 0 Å². The summed E-state index contributed by atoms with van der Waals surface area (Å²) in [5.41, 5.74) is 8.94. The summed E-state index contributed by atoms with van der Waals surface area (Å²) in [5.74, 6) is 0. The van der Waals surface area contributed by atoms with Gasteiger partial charge >= 0.3 is 0 Å². The van der Waals surface area contributed by atoms with Crippen molar-refractivity contribution < 1.29 is 4.42 Å². The Morgan fingerprint density at radius 2 is 0.792 bits per heavy atom. The zero-order valence-electron chi connectivity index (χ0n) is 28.7.